The Bertz CT molecular complexity index is 836. The van der Waals surface area contributed by atoms with E-state index in [-0.39, 0.29) is 0 Å². The summed E-state index contributed by atoms with van der Waals surface area (Å²) >= 11 is 0. The molecule has 4 amide bonds. The van der Waals surface area contributed by atoms with Crippen molar-refractivity contribution in [1.82, 2.24) is 15.8 Å². The lowest BCUT2D eigenvalue weighted by molar-refractivity contribution is -0.132. The summed E-state index contributed by atoms with van der Waals surface area (Å²) in [6.07, 6.45) is 0.426. The van der Waals surface area contributed by atoms with E-state index in [1.54, 1.807) is 38.1 Å². The molecule has 1 fully saturated rings. The van der Waals surface area contributed by atoms with E-state index in [1.165, 1.54) is 0 Å². The number of para-hydroxylation sites is 1. The van der Waals surface area contributed by atoms with Gasteiger partial charge in [-0.2, -0.15) is 5.01 Å². The number of carbonyl (C=O) groups is 3. The van der Waals surface area contributed by atoms with E-state index in [0.29, 0.717) is 23.5 Å². The number of nitrogens with zero attached hydrogens (tertiary/aromatic N) is 1. The van der Waals surface area contributed by atoms with Crippen molar-refractivity contribution in [3.63, 3.8) is 0 Å². The molecule has 7 nitrogen and oxygen atoms in total. The Balaban J connectivity index is 1.67. The molecule has 7 heteroatoms. The molecule has 0 aromatic heterocycles. The van der Waals surface area contributed by atoms with Crippen LogP contribution in [0.4, 0.5) is 4.79 Å². The second-order valence-corrected chi connectivity index (χ2v) is 6.14. The van der Waals surface area contributed by atoms with Crippen LogP contribution in [0.3, 0.4) is 0 Å². The number of carbonyl (C=O) groups excluding carboxylic acids is 3. The van der Waals surface area contributed by atoms with Crippen molar-refractivity contribution in [2.45, 2.75) is 25.8 Å². The molecular weight excluding hydrogens is 334 g/mol. The quantitative estimate of drug-likeness (QED) is 0.809. The van der Waals surface area contributed by atoms with Crippen LogP contribution in [0.2, 0.25) is 0 Å². The molecule has 1 heterocycles. The number of ether oxygens (including phenoxy) is 1. The molecule has 0 radical (unpaired) electrons. The first-order valence-electron chi connectivity index (χ1n) is 8.23. The van der Waals surface area contributed by atoms with Crippen molar-refractivity contribution in [3.8, 4) is 11.5 Å². The smallest absolute Gasteiger partial charge is 0.344 e. The minimum Gasteiger partial charge on any atom is -0.457 e. The third-order valence-corrected chi connectivity index (χ3v) is 4.28. The van der Waals surface area contributed by atoms with Gasteiger partial charge in [-0.05, 0) is 49.7 Å². The number of rotatable bonds is 5. The summed E-state index contributed by atoms with van der Waals surface area (Å²) in [4.78, 5) is 36.6. The molecule has 2 aromatic rings. The van der Waals surface area contributed by atoms with E-state index >= 15 is 0 Å². The fraction of sp³-hybridized carbons (Fsp3) is 0.211. The summed E-state index contributed by atoms with van der Waals surface area (Å²) in [7, 11) is 0. The third kappa shape index (κ3) is 3.37. The largest absolute Gasteiger partial charge is 0.457 e. The zero-order valence-electron chi connectivity index (χ0n) is 14.5. The van der Waals surface area contributed by atoms with Gasteiger partial charge < -0.3 is 10.1 Å². The van der Waals surface area contributed by atoms with Crippen molar-refractivity contribution in [2.75, 3.05) is 0 Å². The second kappa shape index (κ2) is 6.87. The van der Waals surface area contributed by atoms with Crippen molar-refractivity contribution in [2.24, 2.45) is 0 Å². The fourth-order valence-electron chi connectivity index (χ4n) is 2.49. The number of hydrazine groups is 1. The SMILES string of the molecule is CC[C@@]1(C)NC(=O)N(NC(=O)c2ccc(Oc3ccccc3)cc2)C1=O. The molecular formula is C19H19N3O4. The lowest BCUT2D eigenvalue weighted by atomic mass is 10.00. The Kier molecular flexibility index (Phi) is 4.62. The van der Waals surface area contributed by atoms with Gasteiger partial charge in [-0.1, -0.05) is 25.1 Å². The van der Waals surface area contributed by atoms with Gasteiger partial charge in [-0.25, -0.2) is 4.79 Å². The Labute approximate surface area is 150 Å². The lowest BCUT2D eigenvalue weighted by Gasteiger charge is -2.19. The summed E-state index contributed by atoms with van der Waals surface area (Å²) < 4.78 is 5.66. The molecule has 134 valence electrons. The maximum absolute atomic E-state index is 12.3. The Morgan fingerprint density at radius 3 is 2.27 bits per heavy atom. The zero-order valence-corrected chi connectivity index (χ0v) is 14.5. The first-order chi connectivity index (χ1) is 12.4. The molecule has 3 rings (SSSR count). The number of amides is 4. The van der Waals surface area contributed by atoms with E-state index in [4.69, 9.17) is 4.74 Å². The first kappa shape index (κ1) is 17.5. The maximum atomic E-state index is 12.3. The molecule has 2 N–H and O–H groups in total. The van der Waals surface area contributed by atoms with Gasteiger partial charge in [0.15, 0.2) is 0 Å². The highest BCUT2D eigenvalue weighted by Gasteiger charge is 2.47. The molecule has 1 aliphatic heterocycles. The first-order valence-corrected chi connectivity index (χ1v) is 8.23. The van der Waals surface area contributed by atoms with Gasteiger partial charge in [0, 0.05) is 5.56 Å². The molecule has 26 heavy (non-hydrogen) atoms. The van der Waals surface area contributed by atoms with Crippen molar-refractivity contribution in [3.05, 3.63) is 60.2 Å². The Morgan fingerprint density at radius 1 is 1.08 bits per heavy atom. The highest BCUT2D eigenvalue weighted by molar-refractivity contribution is 6.09. The van der Waals surface area contributed by atoms with Crippen molar-refractivity contribution >= 4 is 17.8 Å². The zero-order chi connectivity index (χ0) is 18.7. The second-order valence-electron chi connectivity index (χ2n) is 6.14. The standard InChI is InChI=1S/C19H19N3O4/c1-3-19(2)17(24)22(18(25)20-19)21-16(23)13-9-11-15(12-10-13)26-14-7-5-4-6-8-14/h4-12H,3H2,1-2H3,(H,20,25)(H,21,23)/t19-/m1/s1. The van der Waals surface area contributed by atoms with Crippen LogP contribution in [0.5, 0.6) is 11.5 Å². The number of hydrogen-bond donors (Lipinski definition) is 2. The van der Waals surface area contributed by atoms with Crippen LogP contribution >= 0.6 is 0 Å². The Hall–Kier alpha value is -3.35. The van der Waals surface area contributed by atoms with Crippen LogP contribution in [0.1, 0.15) is 30.6 Å². The van der Waals surface area contributed by atoms with Crippen LogP contribution in [0.15, 0.2) is 54.6 Å². The van der Waals surface area contributed by atoms with Crippen LogP contribution < -0.4 is 15.5 Å². The normalized spacial score (nSPS) is 19.2. The molecule has 2 aromatic carbocycles. The van der Waals surface area contributed by atoms with Gasteiger partial charge in [0.2, 0.25) is 0 Å². The monoisotopic (exact) mass is 353 g/mol. The number of nitrogens with one attached hydrogen (secondary N) is 2. The van der Waals surface area contributed by atoms with E-state index in [0.717, 1.165) is 5.01 Å². The number of benzene rings is 2. The predicted octanol–water partition coefficient (Wildman–Crippen LogP) is 2.84. The molecule has 1 aliphatic rings. The van der Waals surface area contributed by atoms with Gasteiger partial charge in [0.05, 0.1) is 0 Å². The van der Waals surface area contributed by atoms with Crippen LogP contribution in [-0.2, 0) is 4.79 Å². The van der Waals surface area contributed by atoms with E-state index in [9.17, 15) is 14.4 Å². The van der Waals surface area contributed by atoms with Crippen LogP contribution in [0.25, 0.3) is 0 Å². The number of imide groups is 1. The van der Waals surface area contributed by atoms with Crippen LogP contribution in [0, 0.1) is 0 Å². The highest BCUT2D eigenvalue weighted by atomic mass is 16.5. The molecule has 0 saturated carbocycles. The molecule has 1 saturated heterocycles. The summed E-state index contributed by atoms with van der Waals surface area (Å²) in [5.74, 6) is 0.215. The third-order valence-electron chi connectivity index (χ3n) is 4.28. The van der Waals surface area contributed by atoms with Crippen molar-refractivity contribution < 1.29 is 19.1 Å². The summed E-state index contributed by atoms with van der Waals surface area (Å²) in [5, 5.41) is 3.30. The van der Waals surface area contributed by atoms with Gasteiger partial charge in [0.1, 0.15) is 17.0 Å². The lowest BCUT2D eigenvalue weighted by Crippen LogP contribution is -2.48. The minimum atomic E-state index is -1.00. The predicted molar refractivity (Wildman–Crippen MR) is 94.5 cm³/mol. The average molecular weight is 353 g/mol. The van der Waals surface area contributed by atoms with E-state index in [2.05, 4.69) is 10.7 Å². The van der Waals surface area contributed by atoms with E-state index < -0.39 is 23.4 Å². The fourth-order valence-corrected chi connectivity index (χ4v) is 2.49. The summed E-state index contributed by atoms with van der Waals surface area (Å²) in [6, 6.07) is 15.0. The molecule has 0 aliphatic carbocycles. The molecule has 0 spiro atoms. The minimum absolute atomic E-state index is 0.302. The van der Waals surface area contributed by atoms with Gasteiger partial charge >= 0.3 is 6.03 Å². The topological polar surface area (TPSA) is 87.7 Å². The number of hydrogen-bond acceptors (Lipinski definition) is 4. The molecule has 1 atom stereocenters. The highest BCUT2D eigenvalue weighted by Crippen LogP contribution is 2.22. The van der Waals surface area contributed by atoms with Crippen molar-refractivity contribution in [1.29, 1.82) is 0 Å². The average Bonchev–Trinajstić information content (AvgIpc) is 2.87. The molecule has 0 unspecified atom stereocenters. The number of urea groups is 1. The van der Waals surface area contributed by atoms with Gasteiger partial charge in [0.25, 0.3) is 11.8 Å². The Morgan fingerprint density at radius 2 is 1.69 bits per heavy atom. The maximum Gasteiger partial charge on any atom is 0.344 e. The van der Waals surface area contributed by atoms with Gasteiger partial charge in [-0.3, -0.25) is 15.0 Å². The van der Waals surface area contributed by atoms with Crippen LogP contribution in [-0.4, -0.2) is 28.4 Å². The molecule has 0 bridgehead atoms. The summed E-state index contributed by atoms with van der Waals surface area (Å²) in [6.45, 7) is 3.41. The summed E-state index contributed by atoms with van der Waals surface area (Å²) in [5.41, 5.74) is 1.65. The van der Waals surface area contributed by atoms with Gasteiger partial charge in [-0.15, -0.1) is 0 Å². The van der Waals surface area contributed by atoms with E-state index in [1.807, 2.05) is 30.3 Å².